The molecule has 0 saturated heterocycles. The average molecular weight is 396 g/mol. The van der Waals surface area contributed by atoms with Gasteiger partial charge in [-0.15, -0.1) is 0 Å². The third-order valence-electron chi connectivity index (χ3n) is 6.19. The minimum absolute atomic E-state index is 0.0651. The Hall–Kier alpha value is -3.40. The highest BCUT2D eigenvalue weighted by atomic mass is 16.2. The lowest BCUT2D eigenvalue weighted by Gasteiger charge is -2.16. The van der Waals surface area contributed by atoms with Crippen LogP contribution in [0.4, 0.5) is 0 Å². The largest absolute Gasteiger partial charge is 0.349 e. The zero-order valence-electron chi connectivity index (χ0n) is 16.7. The molecule has 0 heterocycles. The van der Waals surface area contributed by atoms with E-state index in [-0.39, 0.29) is 23.9 Å². The van der Waals surface area contributed by atoms with Crippen LogP contribution in [0.25, 0.3) is 0 Å². The van der Waals surface area contributed by atoms with Gasteiger partial charge in [0.25, 0.3) is 11.8 Å². The number of hydrogen-bond donors (Lipinski definition) is 2. The fourth-order valence-corrected chi connectivity index (χ4v) is 4.73. The molecule has 4 nitrogen and oxygen atoms in total. The summed E-state index contributed by atoms with van der Waals surface area (Å²) in [7, 11) is 0. The molecule has 3 aromatic carbocycles. The van der Waals surface area contributed by atoms with Crippen LogP contribution in [0.5, 0.6) is 0 Å². The molecule has 30 heavy (non-hydrogen) atoms. The number of rotatable bonds is 4. The molecule has 0 bridgehead atoms. The van der Waals surface area contributed by atoms with Crippen molar-refractivity contribution < 1.29 is 9.59 Å². The van der Waals surface area contributed by atoms with Gasteiger partial charge in [-0.2, -0.15) is 0 Å². The van der Waals surface area contributed by atoms with E-state index in [0.717, 1.165) is 25.7 Å². The molecule has 2 amide bonds. The summed E-state index contributed by atoms with van der Waals surface area (Å²) in [5, 5.41) is 6.25. The highest BCUT2D eigenvalue weighted by molar-refractivity contribution is 6.07. The van der Waals surface area contributed by atoms with E-state index in [1.165, 1.54) is 22.3 Å². The van der Waals surface area contributed by atoms with Gasteiger partial charge in [0.1, 0.15) is 0 Å². The van der Waals surface area contributed by atoms with Crippen LogP contribution in [0.15, 0.2) is 72.8 Å². The van der Waals surface area contributed by atoms with Gasteiger partial charge in [-0.3, -0.25) is 9.59 Å². The minimum atomic E-state index is -0.187. The number of nitrogens with one attached hydrogen (secondary N) is 2. The van der Waals surface area contributed by atoms with Crippen LogP contribution in [0.1, 0.15) is 43.0 Å². The number of hydrogen-bond acceptors (Lipinski definition) is 2. The summed E-state index contributed by atoms with van der Waals surface area (Å²) >= 11 is 0. The van der Waals surface area contributed by atoms with E-state index in [4.69, 9.17) is 0 Å². The molecule has 0 spiro atoms. The van der Waals surface area contributed by atoms with Gasteiger partial charge in [-0.05, 0) is 60.1 Å². The van der Waals surface area contributed by atoms with Crippen LogP contribution in [0.3, 0.4) is 0 Å². The maximum absolute atomic E-state index is 13.0. The Morgan fingerprint density at radius 3 is 1.17 bits per heavy atom. The first-order valence-electron chi connectivity index (χ1n) is 10.5. The standard InChI is InChI=1S/C26H24N2O2/c29-25(27-21-13-17-7-1-2-8-18(17)14-21)23-11-5-6-12-24(23)26(30)28-22-15-19-9-3-4-10-20(19)16-22/h1-12,21-22H,13-16H2,(H,27,29)(H,28,30). The molecule has 4 heteroatoms. The lowest BCUT2D eigenvalue weighted by atomic mass is 10.0. The van der Waals surface area contributed by atoms with Crippen LogP contribution in [-0.4, -0.2) is 23.9 Å². The fraction of sp³-hybridized carbons (Fsp3) is 0.231. The van der Waals surface area contributed by atoms with Gasteiger partial charge >= 0.3 is 0 Å². The van der Waals surface area contributed by atoms with Gasteiger partial charge in [0.15, 0.2) is 0 Å². The Labute approximate surface area is 176 Å². The van der Waals surface area contributed by atoms with E-state index in [2.05, 4.69) is 34.9 Å². The maximum atomic E-state index is 13.0. The van der Waals surface area contributed by atoms with E-state index >= 15 is 0 Å². The molecule has 150 valence electrons. The first-order chi connectivity index (χ1) is 14.7. The van der Waals surface area contributed by atoms with Gasteiger partial charge in [0, 0.05) is 12.1 Å². The monoisotopic (exact) mass is 396 g/mol. The average Bonchev–Trinajstić information content (AvgIpc) is 3.36. The predicted molar refractivity (Wildman–Crippen MR) is 117 cm³/mol. The molecule has 2 aliphatic carbocycles. The van der Waals surface area contributed by atoms with Crippen LogP contribution >= 0.6 is 0 Å². The van der Waals surface area contributed by atoms with Crippen molar-refractivity contribution in [1.82, 2.24) is 10.6 Å². The summed E-state index contributed by atoms with van der Waals surface area (Å²) in [6.45, 7) is 0. The summed E-state index contributed by atoms with van der Waals surface area (Å²) < 4.78 is 0. The van der Waals surface area contributed by atoms with Gasteiger partial charge < -0.3 is 10.6 Å². The molecule has 5 rings (SSSR count). The van der Waals surface area contributed by atoms with Crippen molar-refractivity contribution in [2.45, 2.75) is 37.8 Å². The van der Waals surface area contributed by atoms with Crippen molar-refractivity contribution in [2.24, 2.45) is 0 Å². The van der Waals surface area contributed by atoms with Crippen molar-refractivity contribution in [3.63, 3.8) is 0 Å². The summed E-state index contributed by atoms with van der Waals surface area (Å²) in [4.78, 5) is 26.0. The van der Waals surface area contributed by atoms with Crippen LogP contribution in [0, 0.1) is 0 Å². The lowest BCUT2D eigenvalue weighted by Crippen LogP contribution is -2.39. The SMILES string of the molecule is O=C(NC1Cc2ccccc2C1)c1ccccc1C(=O)NC1Cc2ccccc2C1. The number of fused-ring (bicyclic) bond motifs is 2. The molecule has 0 unspecified atom stereocenters. The summed E-state index contributed by atoms with van der Waals surface area (Å²) in [5.74, 6) is -0.374. The topological polar surface area (TPSA) is 58.2 Å². The quantitative estimate of drug-likeness (QED) is 0.709. The summed E-state index contributed by atoms with van der Waals surface area (Å²) in [5.41, 5.74) is 6.01. The van der Waals surface area contributed by atoms with Gasteiger partial charge in [0.2, 0.25) is 0 Å². The second-order valence-electron chi connectivity index (χ2n) is 8.24. The van der Waals surface area contributed by atoms with E-state index < -0.39 is 0 Å². The second kappa shape index (κ2) is 7.79. The van der Waals surface area contributed by atoms with Crippen molar-refractivity contribution >= 4 is 11.8 Å². The molecular formula is C26H24N2O2. The molecule has 0 radical (unpaired) electrons. The summed E-state index contributed by atoms with van der Waals surface area (Å²) in [6.07, 6.45) is 3.32. The van der Waals surface area contributed by atoms with Gasteiger partial charge in [-0.1, -0.05) is 60.7 Å². The number of carbonyl (C=O) groups is 2. The first-order valence-corrected chi connectivity index (χ1v) is 10.5. The van der Waals surface area contributed by atoms with E-state index in [0.29, 0.717) is 11.1 Å². The van der Waals surface area contributed by atoms with Crippen LogP contribution in [-0.2, 0) is 25.7 Å². The van der Waals surface area contributed by atoms with E-state index in [1.54, 1.807) is 24.3 Å². The van der Waals surface area contributed by atoms with Crippen molar-refractivity contribution in [3.8, 4) is 0 Å². The highest BCUT2D eigenvalue weighted by Crippen LogP contribution is 2.23. The highest BCUT2D eigenvalue weighted by Gasteiger charge is 2.27. The van der Waals surface area contributed by atoms with Crippen molar-refractivity contribution in [3.05, 3.63) is 106 Å². The Morgan fingerprint density at radius 1 is 0.533 bits per heavy atom. The van der Waals surface area contributed by atoms with Crippen LogP contribution < -0.4 is 10.6 Å². The van der Waals surface area contributed by atoms with E-state index in [9.17, 15) is 9.59 Å². The Balaban J connectivity index is 1.27. The number of benzene rings is 3. The molecule has 2 aliphatic rings. The maximum Gasteiger partial charge on any atom is 0.252 e. The number of amides is 2. The molecule has 0 atom stereocenters. The minimum Gasteiger partial charge on any atom is -0.349 e. The fourth-order valence-electron chi connectivity index (χ4n) is 4.73. The molecule has 0 fully saturated rings. The zero-order chi connectivity index (χ0) is 20.5. The normalized spacial score (nSPS) is 15.5. The summed E-state index contributed by atoms with van der Waals surface area (Å²) in [6, 6.07) is 23.8. The molecule has 0 aliphatic heterocycles. The van der Waals surface area contributed by atoms with E-state index in [1.807, 2.05) is 24.3 Å². The Kier molecular flexibility index (Phi) is 4.83. The van der Waals surface area contributed by atoms with Gasteiger partial charge in [0.05, 0.1) is 11.1 Å². The van der Waals surface area contributed by atoms with Crippen molar-refractivity contribution in [1.29, 1.82) is 0 Å². The third kappa shape index (κ3) is 3.61. The lowest BCUT2D eigenvalue weighted by molar-refractivity contribution is 0.0903. The molecule has 3 aromatic rings. The Bertz CT molecular complexity index is 983. The molecular weight excluding hydrogens is 372 g/mol. The number of carbonyl (C=O) groups excluding carboxylic acids is 2. The third-order valence-corrected chi connectivity index (χ3v) is 6.19. The van der Waals surface area contributed by atoms with Crippen molar-refractivity contribution in [2.75, 3.05) is 0 Å². The zero-order valence-corrected chi connectivity index (χ0v) is 16.7. The molecule has 0 saturated carbocycles. The van der Waals surface area contributed by atoms with Gasteiger partial charge in [-0.25, -0.2) is 0 Å². The van der Waals surface area contributed by atoms with Crippen LogP contribution in [0.2, 0.25) is 0 Å². The Morgan fingerprint density at radius 2 is 0.833 bits per heavy atom. The molecule has 0 aromatic heterocycles. The first kappa shape index (κ1) is 18.6. The molecule has 2 N–H and O–H groups in total. The predicted octanol–water partition coefficient (Wildman–Crippen LogP) is 3.48. The smallest absolute Gasteiger partial charge is 0.252 e. The second-order valence-corrected chi connectivity index (χ2v) is 8.24.